The van der Waals surface area contributed by atoms with E-state index in [2.05, 4.69) is 445 Å². The van der Waals surface area contributed by atoms with Crippen molar-refractivity contribution in [1.82, 2.24) is 9.13 Å². The van der Waals surface area contributed by atoms with Crippen LogP contribution in [-0.4, -0.2) is 15.8 Å². The first-order chi connectivity index (χ1) is 64.7. The topological polar surface area (TPSA) is 16.3 Å². The molecule has 0 aliphatic carbocycles. The third kappa shape index (κ3) is 14.9. The van der Waals surface area contributed by atoms with Crippen molar-refractivity contribution in [1.29, 1.82) is 0 Å². The Hall–Kier alpha value is -13.2. The fourth-order valence-corrected chi connectivity index (χ4v) is 19.7. The van der Waals surface area contributed by atoms with Gasteiger partial charge in [0, 0.05) is 77.9 Å². The summed E-state index contributed by atoms with van der Waals surface area (Å²) in [5.41, 5.74) is 33.3. The molecule has 0 saturated heterocycles. The third-order valence-electron chi connectivity index (χ3n) is 27.1. The molecule has 16 aromatic carbocycles. The summed E-state index contributed by atoms with van der Waals surface area (Å²) >= 11 is 0. The molecule has 638 valence electrons. The molecule has 0 N–H and O–H groups in total. The highest BCUT2D eigenvalue weighted by atomic mass is 15.2. The van der Waals surface area contributed by atoms with Crippen LogP contribution in [0.15, 0.2) is 340 Å². The number of fused-ring (bicyclic) bond motifs is 10. The predicted octanol–water partition coefficient (Wildman–Crippen LogP) is 32.7. The van der Waals surface area contributed by atoms with Gasteiger partial charge >= 0.3 is 0 Å². The van der Waals surface area contributed by atoms with E-state index in [-0.39, 0.29) is 61.0 Å². The Labute approximate surface area is 777 Å². The molecule has 20 rings (SSSR count). The minimum absolute atomic E-state index is 0.00361. The number of para-hydroxylation sites is 4. The van der Waals surface area contributed by atoms with Crippen LogP contribution in [0, 0.1) is 0 Å². The Morgan fingerprint density at radius 1 is 0.217 bits per heavy atom. The van der Waals surface area contributed by atoms with Crippen LogP contribution in [0.5, 0.6) is 0 Å². The lowest BCUT2D eigenvalue weighted by molar-refractivity contribution is 0.568. The highest BCUT2D eigenvalue weighted by molar-refractivity contribution is 7.00. The number of rotatable bonds is 11. The van der Waals surface area contributed by atoms with Crippen molar-refractivity contribution in [3.8, 4) is 89.3 Å². The maximum absolute atomic E-state index is 10.1. The number of aromatic nitrogens is 2. The van der Waals surface area contributed by atoms with Crippen LogP contribution in [0.3, 0.4) is 0 Å². The van der Waals surface area contributed by atoms with Crippen LogP contribution in [0.4, 0.5) is 34.1 Å². The fraction of sp³-hybridized carbons (Fsp3) is 0.226. The van der Waals surface area contributed by atoms with Crippen molar-refractivity contribution in [2.75, 3.05) is 9.80 Å². The zero-order valence-electron chi connectivity index (χ0n) is 86.6. The van der Waals surface area contributed by atoms with Crippen molar-refractivity contribution in [3.05, 3.63) is 378 Å². The van der Waals surface area contributed by atoms with Gasteiger partial charge in [0.1, 0.15) is 0 Å². The van der Waals surface area contributed by atoms with E-state index in [0.29, 0.717) is 5.69 Å². The van der Waals surface area contributed by atoms with Crippen LogP contribution in [-0.2, 0) is 37.9 Å². The van der Waals surface area contributed by atoms with Crippen molar-refractivity contribution < 1.29 is 11.0 Å². The molecule has 0 saturated carbocycles. The highest BCUT2D eigenvalue weighted by Crippen LogP contribution is 2.57. The van der Waals surface area contributed by atoms with E-state index in [4.69, 9.17) is 0 Å². The van der Waals surface area contributed by atoms with Gasteiger partial charge in [0.25, 0.3) is 6.71 Å². The van der Waals surface area contributed by atoms with Gasteiger partial charge in [0.15, 0.2) is 0 Å². The van der Waals surface area contributed by atoms with Gasteiger partial charge in [-0.2, -0.15) is 0 Å². The predicted molar refractivity (Wildman–Crippen MR) is 558 cm³/mol. The summed E-state index contributed by atoms with van der Waals surface area (Å²) < 4.78 is 81.7. The van der Waals surface area contributed by atoms with Crippen molar-refractivity contribution >= 4 is 101 Å². The second kappa shape index (κ2) is 30.8. The lowest BCUT2D eigenvalue weighted by Gasteiger charge is -2.47. The molecular weight excluding hydrogens is 1560 g/mol. The molecule has 0 unspecified atom stereocenters. The van der Waals surface area contributed by atoms with E-state index in [0.717, 1.165) is 167 Å². The van der Waals surface area contributed by atoms with Gasteiger partial charge in [-0.1, -0.05) is 376 Å². The van der Waals surface area contributed by atoms with Crippen molar-refractivity contribution in [2.45, 2.75) is 183 Å². The van der Waals surface area contributed by atoms with Crippen molar-refractivity contribution in [2.24, 2.45) is 0 Å². The first kappa shape index (κ1) is 74.8. The van der Waals surface area contributed by atoms with Crippen LogP contribution in [0.25, 0.3) is 133 Å². The second-order valence-corrected chi connectivity index (χ2v) is 43.3. The van der Waals surface area contributed by atoms with Gasteiger partial charge in [-0.05, 0) is 258 Å². The molecule has 5 heteroatoms. The quantitative estimate of drug-likeness (QED) is 0.120. The number of hydrogen-bond acceptors (Lipinski definition) is 2. The monoisotopic (exact) mass is 1680 g/mol. The lowest BCUT2D eigenvalue weighted by Crippen LogP contribution is -2.61. The Morgan fingerprint density at radius 3 is 1.05 bits per heavy atom. The molecule has 0 amide bonds. The molecule has 2 aliphatic heterocycles. The average Bonchev–Trinajstić information content (AvgIpc) is 1.56. The van der Waals surface area contributed by atoms with E-state index in [1.165, 1.54) is 27.8 Å². The molecule has 2 aromatic heterocycles. The van der Waals surface area contributed by atoms with E-state index in [1.54, 1.807) is 4.57 Å². The summed E-state index contributed by atoms with van der Waals surface area (Å²) in [6, 6.07) is 106. The van der Waals surface area contributed by atoms with Gasteiger partial charge in [-0.25, -0.2) is 0 Å². The van der Waals surface area contributed by atoms with Gasteiger partial charge in [-0.3, -0.25) is 0 Å². The van der Waals surface area contributed by atoms with Gasteiger partial charge in [0.2, 0.25) is 0 Å². The summed E-state index contributed by atoms with van der Waals surface area (Å²) in [5, 5.41) is 2.26. The van der Waals surface area contributed by atoms with E-state index in [1.807, 2.05) is 6.07 Å². The molecule has 0 atom stereocenters. The maximum Gasteiger partial charge on any atom is 0.252 e. The highest BCUT2D eigenvalue weighted by Gasteiger charge is 2.47. The second-order valence-electron chi connectivity index (χ2n) is 43.3. The summed E-state index contributed by atoms with van der Waals surface area (Å²) in [4.78, 5) is 5.18. The Balaban J connectivity index is 0.978. The van der Waals surface area contributed by atoms with E-state index < -0.39 is 53.8 Å². The largest absolute Gasteiger partial charge is 0.310 e. The lowest BCUT2D eigenvalue weighted by atomic mass is 9.33. The molecule has 4 heterocycles. The van der Waals surface area contributed by atoms with E-state index in [9.17, 15) is 11.0 Å². The molecule has 0 fully saturated rings. The zero-order valence-corrected chi connectivity index (χ0v) is 78.6. The Morgan fingerprint density at radius 2 is 0.581 bits per heavy atom. The number of hydrogen-bond donors (Lipinski definition) is 0. The SMILES string of the molecule is [2H]c1c([2H])c([2H])c2c(c1[2H])c1c([2H])c([2H])c([2H])c([2H])c1n2-c1ccc2c(c1)N(c1c(-c3ccccc3)cc(C(C)(C)C)cc1-c1cccc(-c3cc(C(C)(C)C)cc(C(C)(C)C)c3)c1)c1cc(C(C)(C)C)cc3c1B2c1cc(-c2ccc4c(c2)c2ccccc2n4-c2ccccc2)ccc1N3c1c(-c2ccccc2)cc(C(C)(C)C)cc1-c1cccc(-c2cc(C(C)(C)C)cc(C(C)(C)C)c2)c1. The standard InChI is InChI=1S/C124H119BN4/c1-118(2,3)88-63-86(64-89(69-88)119(4,5)6)80-43-37-45-84(61-80)102-73-92(122(13,14)15)71-100(78-39-25-22-26-40-78)116(102)128-111-60-56-83(82-55-59-110-104(67-82)99-51-33-36-54-109(99)126(110)95-47-29-24-30-48-95)68-106(111)125-105-58-57-96(127-107-52-34-31-49-97(107)98-50-32-35-53-108(98)127)77-112(105)129(114-76-94(124(19,20)21)75-113(128)115(114)125)117-101(79-41-27-23-28-42-79)72-93(123(16,17)18)74-103(117)85-46-38-44-81(62-85)87-65-90(120(7,8)9)70-91(66-87)121(10,11)12/h22-77H,1-21H3/i31D,32D,34D,35D,49D,50D,52D,53D. The maximum atomic E-state index is 10.1. The molecule has 0 radical (unpaired) electrons. The summed E-state index contributed by atoms with van der Waals surface area (Å²) in [5.74, 6) is 0. The summed E-state index contributed by atoms with van der Waals surface area (Å²) in [6.07, 6.45) is 0. The molecule has 0 bridgehead atoms. The minimum atomic E-state index is -0.585. The average molecular weight is 1680 g/mol. The molecule has 4 nitrogen and oxygen atoms in total. The van der Waals surface area contributed by atoms with Gasteiger partial charge in [0.05, 0.1) is 44.4 Å². The molecule has 0 spiro atoms. The zero-order chi connectivity index (χ0) is 97.0. The molecule has 129 heavy (non-hydrogen) atoms. The first-order valence-electron chi connectivity index (χ1n) is 49.9. The van der Waals surface area contributed by atoms with Crippen LogP contribution in [0.1, 0.15) is 195 Å². The first-order valence-corrected chi connectivity index (χ1v) is 45.9. The number of benzene rings is 16. The van der Waals surface area contributed by atoms with Crippen LogP contribution < -0.4 is 26.2 Å². The van der Waals surface area contributed by atoms with Crippen LogP contribution in [0.2, 0.25) is 0 Å². The smallest absolute Gasteiger partial charge is 0.252 e. The Bertz CT molecular complexity index is 7890. The minimum Gasteiger partial charge on any atom is -0.310 e. The van der Waals surface area contributed by atoms with Gasteiger partial charge in [-0.15, -0.1) is 0 Å². The summed E-state index contributed by atoms with van der Waals surface area (Å²) in [6.45, 7) is 47.9. The third-order valence-corrected chi connectivity index (χ3v) is 27.1. The molecule has 2 aliphatic rings. The number of anilines is 6. The molecule has 18 aromatic rings. The normalized spacial score (nSPS) is 14.1. The number of nitrogens with zero attached hydrogens (tertiary/aromatic N) is 4. The van der Waals surface area contributed by atoms with Crippen LogP contribution >= 0.6 is 0 Å². The van der Waals surface area contributed by atoms with Gasteiger partial charge < -0.3 is 18.9 Å². The Kier molecular flexibility index (Phi) is 17.8. The summed E-state index contributed by atoms with van der Waals surface area (Å²) in [7, 11) is 0. The molecular formula is C124H119BN4. The van der Waals surface area contributed by atoms with E-state index >= 15 is 0 Å². The van der Waals surface area contributed by atoms with Crippen molar-refractivity contribution in [3.63, 3.8) is 0 Å². The fourth-order valence-electron chi connectivity index (χ4n) is 19.7.